The highest BCUT2D eigenvalue weighted by molar-refractivity contribution is 7.90. The van der Waals surface area contributed by atoms with Gasteiger partial charge >= 0.3 is 0 Å². The van der Waals surface area contributed by atoms with Crippen molar-refractivity contribution >= 4 is 9.84 Å². The second kappa shape index (κ2) is 7.48. The summed E-state index contributed by atoms with van der Waals surface area (Å²) in [7, 11) is -3.16. The first-order valence-electron chi connectivity index (χ1n) is 10.1. The molecule has 1 aromatic carbocycles. The molecule has 2 bridgehead atoms. The van der Waals surface area contributed by atoms with Crippen molar-refractivity contribution in [1.29, 1.82) is 0 Å². The number of fused-ring (bicyclic) bond motifs is 4. The minimum absolute atomic E-state index is 0.135. The number of piperidine rings is 1. The van der Waals surface area contributed by atoms with E-state index < -0.39 is 9.84 Å². The van der Waals surface area contributed by atoms with Crippen LogP contribution in [0.4, 0.5) is 0 Å². The van der Waals surface area contributed by atoms with Crippen LogP contribution in [-0.4, -0.2) is 37.2 Å². The molecular weight excluding hydrogens is 372 g/mol. The number of aromatic nitrogens is 1. The Balaban J connectivity index is 1.58. The lowest BCUT2D eigenvalue weighted by molar-refractivity contribution is 0.0817. The van der Waals surface area contributed by atoms with Crippen molar-refractivity contribution in [3.8, 4) is 0 Å². The number of benzene rings is 1. The Bertz CT molecular complexity index is 1010. The molecule has 6 heteroatoms. The highest BCUT2D eigenvalue weighted by Crippen LogP contribution is 2.43. The predicted molar refractivity (Wildman–Crippen MR) is 110 cm³/mol. The number of sulfone groups is 1. The average Bonchev–Trinajstić information content (AvgIpc) is 2.65. The normalized spacial score (nSPS) is 24.7. The molecule has 0 saturated carbocycles. The first kappa shape index (κ1) is 19.4. The summed E-state index contributed by atoms with van der Waals surface area (Å²) >= 11 is 0. The Labute approximate surface area is 166 Å². The van der Waals surface area contributed by atoms with Crippen LogP contribution < -0.4 is 5.56 Å². The van der Waals surface area contributed by atoms with Gasteiger partial charge in [-0.15, -0.1) is 0 Å². The van der Waals surface area contributed by atoms with Crippen LogP contribution in [0.25, 0.3) is 0 Å². The van der Waals surface area contributed by atoms with E-state index in [0.717, 1.165) is 44.5 Å². The number of hydrogen-bond acceptors (Lipinski definition) is 4. The van der Waals surface area contributed by atoms with Crippen molar-refractivity contribution < 1.29 is 8.42 Å². The van der Waals surface area contributed by atoms with Gasteiger partial charge < -0.3 is 4.57 Å². The Morgan fingerprint density at radius 3 is 2.50 bits per heavy atom. The molecule has 150 valence electrons. The predicted octanol–water partition coefficient (Wildman–Crippen LogP) is 3.21. The Morgan fingerprint density at radius 2 is 1.82 bits per heavy atom. The molecule has 0 aliphatic carbocycles. The minimum atomic E-state index is -3.16. The smallest absolute Gasteiger partial charge is 0.250 e. The molecule has 2 aromatic rings. The summed E-state index contributed by atoms with van der Waals surface area (Å²) in [5.41, 5.74) is 2.44. The van der Waals surface area contributed by atoms with Crippen LogP contribution in [0.2, 0.25) is 0 Å². The summed E-state index contributed by atoms with van der Waals surface area (Å²) in [6, 6.07) is 13.2. The SMILES string of the molecule is CCC[C@H]1[C@H]2C[C@H](CN(Cc3ccc(S(C)(=O)=O)cc3)C2)c2cccc(=O)n21. The molecule has 1 saturated heterocycles. The van der Waals surface area contributed by atoms with Gasteiger partial charge in [-0.1, -0.05) is 31.5 Å². The first-order valence-corrected chi connectivity index (χ1v) is 12.0. The van der Waals surface area contributed by atoms with Gasteiger partial charge in [0.05, 0.1) is 4.90 Å². The van der Waals surface area contributed by atoms with Gasteiger partial charge in [0.1, 0.15) is 0 Å². The highest BCUT2D eigenvalue weighted by Gasteiger charge is 2.39. The Hall–Kier alpha value is -1.92. The lowest BCUT2D eigenvalue weighted by Crippen LogP contribution is -2.49. The third-order valence-electron chi connectivity index (χ3n) is 6.22. The van der Waals surface area contributed by atoms with Crippen molar-refractivity contribution in [3.63, 3.8) is 0 Å². The van der Waals surface area contributed by atoms with E-state index in [0.29, 0.717) is 16.7 Å². The maximum Gasteiger partial charge on any atom is 0.250 e. The maximum absolute atomic E-state index is 12.6. The fourth-order valence-electron chi connectivity index (χ4n) is 5.03. The molecule has 5 nitrogen and oxygen atoms in total. The number of nitrogens with zero attached hydrogens (tertiary/aromatic N) is 2. The van der Waals surface area contributed by atoms with E-state index in [1.165, 1.54) is 11.9 Å². The van der Waals surface area contributed by atoms with Crippen molar-refractivity contribution in [1.82, 2.24) is 9.47 Å². The molecule has 1 fully saturated rings. The molecule has 0 N–H and O–H groups in total. The topological polar surface area (TPSA) is 59.4 Å². The summed E-state index contributed by atoms with van der Waals surface area (Å²) in [5.74, 6) is 0.873. The molecule has 2 aliphatic rings. The van der Waals surface area contributed by atoms with Gasteiger partial charge in [-0.25, -0.2) is 8.42 Å². The molecule has 0 spiro atoms. The van der Waals surface area contributed by atoms with Gasteiger partial charge in [0, 0.05) is 49.6 Å². The van der Waals surface area contributed by atoms with Crippen LogP contribution >= 0.6 is 0 Å². The third kappa shape index (κ3) is 3.67. The van der Waals surface area contributed by atoms with Gasteiger partial charge in [0.25, 0.3) is 5.56 Å². The maximum atomic E-state index is 12.6. The molecule has 3 atom stereocenters. The van der Waals surface area contributed by atoms with E-state index in [2.05, 4.69) is 22.5 Å². The van der Waals surface area contributed by atoms with Crippen LogP contribution in [-0.2, 0) is 16.4 Å². The minimum Gasteiger partial charge on any atom is -0.309 e. The molecule has 0 radical (unpaired) electrons. The standard InChI is InChI=1S/C22H28N2O3S/c1-3-5-20-17-12-18(21-6-4-7-22(25)24(20)21)15-23(14-17)13-16-8-10-19(11-9-16)28(2,26)27/h4,6-11,17-18,20H,3,5,12-15H2,1-2H3/t17-,18+,20-/m0/s1. The summed E-state index contributed by atoms with van der Waals surface area (Å²) in [6.45, 7) is 4.92. The lowest BCUT2D eigenvalue weighted by atomic mass is 9.77. The zero-order valence-corrected chi connectivity index (χ0v) is 17.4. The van der Waals surface area contributed by atoms with Gasteiger partial charge in [0.15, 0.2) is 9.84 Å². The highest BCUT2D eigenvalue weighted by atomic mass is 32.2. The molecule has 3 heterocycles. The van der Waals surface area contributed by atoms with E-state index in [1.807, 2.05) is 18.2 Å². The van der Waals surface area contributed by atoms with Gasteiger partial charge in [-0.2, -0.15) is 0 Å². The molecule has 0 unspecified atom stereocenters. The van der Waals surface area contributed by atoms with Crippen molar-refractivity contribution in [3.05, 3.63) is 64.1 Å². The molecule has 1 aromatic heterocycles. The second-order valence-corrected chi connectivity index (χ2v) is 10.3. The molecule has 0 amide bonds. The van der Waals surface area contributed by atoms with E-state index >= 15 is 0 Å². The Kier molecular flexibility index (Phi) is 5.19. The zero-order chi connectivity index (χ0) is 19.9. The number of likely N-dealkylation sites (tertiary alicyclic amines) is 1. The van der Waals surface area contributed by atoms with E-state index in [-0.39, 0.29) is 11.6 Å². The largest absolute Gasteiger partial charge is 0.309 e. The molecule has 28 heavy (non-hydrogen) atoms. The van der Waals surface area contributed by atoms with Crippen LogP contribution in [0.3, 0.4) is 0 Å². The number of rotatable bonds is 5. The molecule has 4 rings (SSSR count). The van der Waals surface area contributed by atoms with Crippen molar-refractivity contribution in [2.45, 2.75) is 49.6 Å². The third-order valence-corrected chi connectivity index (χ3v) is 7.34. The second-order valence-electron chi connectivity index (χ2n) is 8.32. The van der Waals surface area contributed by atoms with Crippen LogP contribution in [0.1, 0.15) is 49.4 Å². The number of pyridine rings is 1. The van der Waals surface area contributed by atoms with Crippen LogP contribution in [0.15, 0.2) is 52.2 Å². The number of hydrogen-bond donors (Lipinski definition) is 0. The Morgan fingerprint density at radius 1 is 1.07 bits per heavy atom. The van der Waals surface area contributed by atoms with Crippen LogP contribution in [0, 0.1) is 5.92 Å². The quantitative estimate of drug-likeness (QED) is 0.773. The summed E-state index contributed by atoms with van der Waals surface area (Å²) < 4.78 is 25.4. The summed E-state index contributed by atoms with van der Waals surface area (Å²) in [4.78, 5) is 15.4. The lowest BCUT2D eigenvalue weighted by Gasteiger charge is -2.47. The van der Waals surface area contributed by atoms with E-state index in [1.54, 1.807) is 18.2 Å². The molecule has 2 aliphatic heterocycles. The first-order chi connectivity index (χ1) is 13.4. The average molecular weight is 401 g/mol. The monoisotopic (exact) mass is 400 g/mol. The fraction of sp³-hybridized carbons (Fsp3) is 0.500. The summed E-state index contributed by atoms with van der Waals surface area (Å²) in [5, 5.41) is 0. The van der Waals surface area contributed by atoms with Crippen molar-refractivity contribution in [2.75, 3.05) is 19.3 Å². The van der Waals surface area contributed by atoms with E-state index in [4.69, 9.17) is 0 Å². The molecular formula is C22H28N2O3S. The van der Waals surface area contributed by atoms with E-state index in [9.17, 15) is 13.2 Å². The van der Waals surface area contributed by atoms with Gasteiger partial charge in [-0.3, -0.25) is 9.69 Å². The van der Waals surface area contributed by atoms with Gasteiger partial charge in [-0.05, 0) is 42.5 Å². The van der Waals surface area contributed by atoms with Gasteiger partial charge in [0.2, 0.25) is 0 Å². The fourth-order valence-corrected chi connectivity index (χ4v) is 5.66. The zero-order valence-electron chi connectivity index (χ0n) is 16.5. The summed E-state index contributed by atoms with van der Waals surface area (Å²) in [6.07, 6.45) is 4.49. The van der Waals surface area contributed by atoms with Crippen molar-refractivity contribution in [2.24, 2.45) is 5.92 Å². The van der Waals surface area contributed by atoms with Crippen LogP contribution in [0.5, 0.6) is 0 Å².